The summed E-state index contributed by atoms with van der Waals surface area (Å²) in [4.78, 5) is 28.4. The van der Waals surface area contributed by atoms with Gasteiger partial charge in [0, 0.05) is 16.6 Å². The van der Waals surface area contributed by atoms with Crippen LogP contribution in [0.4, 0.5) is 10.8 Å². The Morgan fingerprint density at radius 1 is 1.50 bits per heavy atom. The van der Waals surface area contributed by atoms with Crippen LogP contribution in [0.5, 0.6) is 5.75 Å². The molecule has 0 bridgehead atoms. The number of benzene rings is 1. The molecule has 102 valence electrons. The number of hydrogen-bond acceptors (Lipinski definition) is 5. The number of amides is 2. The van der Waals surface area contributed by atoms with Gasteiger partial charge in [-0.2, -0.15) is 0 Å². The van der Waals surface area contributed by atoms with Crippen molar-refractivity contribution in [2.45, 2.75) is 6.92 Å². The lowest BCUT2D eigenvalue weighted by Crippen LogP contribution is -2.25. The number of rotatable bonds is 2. The molecule has 3 rings (SSSR count). The monoisotopic (exact) mass is 289 g/mol. The molecule has 0 fully saturated rings. The summed E-state index contributed by atoms with van der Waals surface area (Å²) >= 11 is 1.41. The first-order valence-corrected chi connectivity index (χ1v) is 6.74. The third kappa shape index (κ3) is 2.48. The molecule has 7 heteroatoms. The van der Waals surface area contributed by atoms with Gasteiger partial charge in [0.15, 0.2) is 11.7 Å². The summed E-state index contributed by atoms with van der Waals surface area (Å²) in [7, 11) is 0. The van der Waals surface area contributed by atoms with Gasteiger partial charge in [0.2, 0.25) is 0 Å². The van der Waals surface area contributed by atoms with Crippen molar-refractivity contribution in [3.8, 4) is 5.75 Å². The number of aromatic nitrogens is 1. The Bertz CT molecular complexity index is 696. The highest BCUT2D eigenvalue weighted by Gasteiger charge is 2.18. The summed E-state index contributed by atoms with van der Waals surface area (Å²) < 4.78 is 5.28. The average molecular weight is 289 g/mol. The molecular formula is C13H11N3O3S. The summed E-state index contributed by atoms with van der Waals surface area (Å²) in [6.45, 7) is 1.88. The lowest BCUT2D eigenvalue weighted by molar-refractivity contribution is -0.118. The molecule has 0 radical (unpaired) electrons. The molecule has 0 atom stereocenters. The number of carbonyl (C=O) groups is 2. The fourth-order valence-electron chi connectivity index (χ4n) is 1.80. The van der Waals surface area contributed by atoms with Crippen molar-refractivity contribution < 1.29 is 14.3 Å². The number of thiazole rings is 1. The Morgan fingerprint density at radius 3 is 3.10 bits per heavy atom. The Morgan fingerprint density at radius 2 is 2.35 bits per heavy atom. The van der Waals surface area contributed by atoms with Crippen molar-refractivity contribution in [3.05, 3.63) is 34.8 Å². The van der Waals surface area contributed by atoms with E-state index < -0.39 is 0 Å². The molecule has 20 heavy (non-hydrogen) atoms. The van der Waals surface area contributed by atoms with Crippen molar-refractivity contribution in [3.63, 3.8) is 0 Å². The van der Waals surface area contributed by atoms with Gasteiger partial charge in [-0.15, -0.1) is 11.3 Å². The van der Waals surface area contributed by atoms with E-state index in [-0.39, 0.29) is 18.4 Å². The summed E-state index contributed by atoms with van der Waals surface area (Å²) in [6.07, 6.45) is 1.70. The van der Waals surface area contributed by atoms with E-state index in [9.17, 15) is 9.59 Å². The largest absolute Gasteiger partial charge is 0.482 e. The molecular weight excluding hydrogens is 278 g/mol. The molecule has 2 heterocycles. The molecule has 6 nitrogen and oxygen atoms in total. The Kier molecular flexibility index (Phi) is 3.11. The minimum absolute atomic E-state index is 0.0379. The maximum absolute atomic E-state index is 12.1. The Labute approximate surface area is 118 Å². The SMILES string of the molecule is Cc1cnc(NC(=O)c2ccc3c(c2)OCC(=O)N3)s1. The molecule has 2 aromatic rings. The van der Waals surface area contributed by atoms with Gasteiger partial charge < -0.3 is 10.1 Å². The summed E-state index contributed by atoms with van der Waals surface area (Å²) in [6, 6.07) is 4.88. The fourth-order valence-corrected chi connectivity index (χ4v) is 2.46. The van der Waals surface area contributed by atoms with E-state index in [1.54, 1.807) is 24.4 Å². The second kappa shape index (κ2) is 4.93. The van der Waals surface area contributed by atoms with E-state index in [4.69, 9.17) is 4.74 Å². The van der Waals surface area contributed by atoms with Crippen LogP contribution in [-0.2, 0) is 4.79 Å². The van der Waals surface area contributed by atoms with Gasteiger partial charge >= 0.3 is 0 Å². The van der Waals surface area contributed by atoms with E-state index in [1.165, 1.54) is 11.3 Å². The Hall–Kier alpha value is -2.41. The minimum atomic E-state index is -0.261. The van der Waals surface area contributed by atoms with E-state index in [0.29, 0.717) is 22.1 Å². The van der Waals surface area contributed by atoms with Crippen LogP contribution >= 0.6 is 11.3 Å². The van der Waals surface area contributed by atoms with Crippen LogP contribution in [0.3, 0.4) is 0 Å². The molecule has 0 aliphatic carbocycles. The Balaban J connectivity index is 1.80. The summed E-state index contributed by atoms with van der Waals surface area (Å²) in [5, 5.41) is 5.95. The first kappa shape index (κ1) is 12.6. The molecule has 0 spiro atoms. The number of fused-ring (bicyclic) bond motifs is 1. The highest BCUT2D eigenvalue weighted by atomic mass is 32.1. The first-order valence-electron chi connectivity index (χ1n) is 5.92. The molecule has 1 aromatic carbocycles. The third-order valence-corrected chi connectivity index (χ3v) is 3.55. The highest BCUT2D eigenvalue weighted by Crippen LogP contribution is 2.29. The lowest BCUT2D eigenvalue weighted by Gasteiger charge is -2.18. The molecule has 1 aromatic heterocycles. The number of nitrogens with zero attached hydrogens (tertiary/aromatic N) is 1. The normalized spacial score (nSPS) is 13.2. The summed E-state index contributed by atoms with van der Waals surface area (Å²) in [5.74, 6) is 0.0307. The molecule has 1 aliphatic heterocycles. The first-order chi connectivity index (χ1) is 9.61. The minimum Gasteiger partial charge on any atom is -0.482 e. The standard InChI is InChI=1S/C13H11N3O3S/c1-7-5-14-13(20-7)16-12(18)8-2-3-9-10(4-8)19-6-11(17)15-9/h2-5H,6H2,1H3,(H,15,17)(H,14,16,18). The van der Waals surface area contributed by atoms with Crippen LogP contribution in [0.1, 0.15) is 15.2 Å². The third-order valence-electron chi connectivity index (χ3n) is 2.72. The molecule has 2 N–H and O–H groups in total. The van der Waals surface area contributed by atoms with Gasteiger partial charge in [0.25, 0.3) is 11.8 Å². The van der Waals surface area contributed by atoms with Gasteiger partial charge in [-0.05, 0) is 25.1 Å². The van der Waals surface area contributed by atoms with Crippen LogP contribution in [0, 0.1) is 6.92 Å². The van der Waals surface area contributed by atoms with Gasteiger partial charge in [-0.3, -0.25) is 14.9 Å². The molecule has 1 aliphatic rings. The fraction of sp³-hybridized carbons (Fsp3) is 0.154. The maximum atomic E-state index is 12.1. The molecule has 0 unspecified atom stereocenters. The zero-order valence-electron chi connectivity index (χ0n) is 10.6. The van der Waals surface area contributed by atoms with Gasteiger partial charge in [0.1, 0.15) is 5.75 Å². The van der Waals surface area contributed by atoms with Crippen LogP contribution in [-0.4, -0.2) is 23.4 Å². The van der Waals surface area contributed by atoms with E-state index in [0.717, 1.165) is 4.88 Å². The smallest absolute Gasteiger partial charge is 0.262 e. The van der Waals surface area contributed by atoms with Crippen LogP contribution in [0.15, 0.2) is 24.4 Å². The number of anilines is 2. The lowest BCUT2D eigenvalue weighted by atomic mass is 10.1. The van der Waals surface area contributed by atoms with Crippen LogP contribution in [0.25, 0.3) is 0 Å². The zero-order chi connectivity index (χ0) is 14.1. The predicted molar refractivity (Wildman–Crippen MR) is 75.4 cm³/mol. The van der Waals surface area contributed by atoms with Crippen LogP contribution < -0.4 is 15.4 Å². The quantitative estimate of drug-likeness (QED) is 0.886. The number of ether oxygens (including phenoxy) is 1. The van der Waals surface area contributed by atoms with Crippen molar-refractivity contribution >= 4 is 34.0 Å². The number of nitrogens with one attached hydrogen (secondary N) is 2. The number of hydrogen-bond donors (Lipinski definition) is 2. The van der Waals surface area contributed by atoms with Crippen molar-refractivity contribution in [1.29, 1.82) is 0 Å². The van der Waals surface area contributed by atoms with Crippen molar-refractivity contribution in [1.82, 2.24) is 4.98 Å². The zero-order valence-corrected chi connectivity index (χ0v) is 11.4. The van der Waals surface area contributed by atoms with E-state index >= 15 is 0 Å². The molecule has 2 amide bonds. The van der Waals surface area contributed by atoms with Crippen LogP contribution in [0.2, 0.25) is 0 Å². The topological polar surface area (TPSA) is 80.3 Å². The molecule has 0 saturated heterocycles. The second-order valence-electron chi connectivity index (χ2n) is 4.28. The number of carbonyl (C=O) groups excluding carboxylic acids is 2. The highest BCUT2D eigenvalue weighted by molar-refractivity contribution is 7.15. The van der Waals surface area contributed by atoms with Crippen molar-refractivity contribution in [2.75, 3.05) is 17.2 Å². The maximum Gasteiger partial charge on any atom is 0.262 e. The average Bonchev–Trinajstić information content (AvgIpc) is 2.83. The van der Waals surface area contributed by atoms with Gasteiger partial charge in [-0.1, -0.05) is 0 Å². The van der Waals surface area contributed by atoms with Crippen molar-refractivity contribution in [2.24, 2.45) is 0 Å². The van der Waals surface area contributed by atoms with Gasteiger partial charge in [-0.25, -0.2) is 4.98 Å². The summed E-state index contributed by atoms with van der Waals surface area (Å²) in [5.41, 5.74) is 1.02. The predicted octanol–water partition coefficient (Wildman–Crippen LogP) is 2.03. The molecule has 0 saturated carbocycles. The van der Waals surface area contributed by atoms with E-state index in [1.807, 2.05) is 6.92 Å². The second-order valence-corrected chi connectivity index (χ2v) is 5.51. The number of aryl methyl sites for hydroxylation is 1. The van der Waals surface area contributed by atoms with E-state index in [2.05, 4.69) is 15.6 Å². The van der Waals surface area contributed by atoms with Gasteiger partial charge in [0.05, 0.1) is 5.69 Å².